The standard InChI is InChI=1S/C17H18ClF/c1-11-4-5-12(2)15(8-11)10-16(18)14-6-7-17(19)13(3)9-14/h4-9,16H,10H2,1-3H3. The van der Waals surface area contributed by atoms with E-state index in [0.717, 1.165) is 12.0 Å². The lowest BCUT2D eigenvalue weighted by atomic mass is 9.97. The molecule has 0 fully saturated rings. The van der Waals surface area contributed by atoms with Crippen LogP contribution < -0.4 is 0 Å². The third-order valence-corrected chi connectivity index (χ3v) is 3.85. The zero-order valence-electron chi connectivity index (χ0n) is 11.5. The van der Waals surface area contributed by atoms with Gasteiger partial charge in [-0.25, -0.2) is 4.39 Å². The molecule has 0 saturated carbocycles. The molecular formula is C17H18ClF. The summed E-state index contributed by atoms with van der Waals surface area (Å²) in [6.07, 6.45) is 0.764. The average Bonchev–Trinajstić information content (AvgIpc) is 2.37. The van der Waals surface area contributed by atoms with E-state index in [0.29, 0.717) is 5.56 Å². The van der Waals surface area contributed by atoms with E-state index < -0.39 is 0 Å². The summed E-state index contributed by atoms with van der Waals surface area (Å²) in [5.74, 6) is -0.181. The summed E-state index contributed by atoms with van der Waals surface area (Å²) in [5.41, 5.74) is 5.35. The van der Waals surface area contributed by atoms with Gasteiger partial charge in [-0.3, -0.25) is 0 Å². The predicted molar refractivity (Wildman–Crippen MR) is 79.4 cm³/mol. The van der Waals surface area contributed by atoms with E-state index in [1.165, 1.54) is 22.8 Å². The zero-order valence-corrected chi connectivity index (χ0v) is 12.3. The number of alkyl halides is 1. The molecule has 100 valence electrons. The second-order valence-corrected chi connectivity index (χ2v) is 5.64. The summed E-state index contributed by atoms with van der Waals surface area (Å²) in [7, 11) is 0. The highest BCUT2D eigenvalue weighted by Gasteiger charge is 2.12. The monoisotopic (exact) mass is 276 g/mol. The Bertz CT molecular complexity index is 590. The fourth-order valence-electron chi connectivity index (χ4n) is 2.19. The van der Waals surface area contributed by atoms with Crippen LogP contribution in [0.2, 0.25) is 0 Å². The normalized spacial score (nSPS) is 12.5. The Labute approximate surface area is 119 Å². The molecule has 2 heteroatoms. The van der Waals surface area contributed by atoms with Crippen molar-refractivity contribution >= 4 is 11.6 Å². The van der Waals surface area contributed by atoms with E-state index in [2.05, 4.69) is 32.0 Å². The first-order valence-electron chi connectivity index (χ1n) is 6.43. The van der Waals surface area contributed by atoms with Gasteiger partial charge >= 0.3 is 0 Å². The van der Waals surface area contributed by atoms with Gasteiger partial charge < -0.3 is 0 Å². The molecule has 0 aliphatic rings. The first kappa shape index (κ1) is 14.1. The largest absolute Gasteiger partial charge is 0.207 e. The smallest absolute Gasteiger partial charge is 0.126 e. The van der Waals surface area contributed by atoms with Crippen molar-refractivity contribution in [2.24, 2.45) is 0 Å². The van der Waals surface area contributed by atoms with Gasteiger partial charge in [-0.2, -0.15) is 0 Å². The Morgan fingerprint density at radius 3 is 2.42 bits per heavy atom. The molecule has 0 heterocycles. The van der Waals surface area contributed by atoms with Gasteiger partial charge in [0.2, 0.25) is 0 Å². The number of rotatable bonds is 3. The third kappa shape index (κ3) is 3.36. The number of benzene rings is 2. The predicted octanol–water partition coefficient (Wildman–Crippen LogP) is 5.27. The molecule has 0 radical (unpaired) electrons. The second kappa shape index (κ2) is 5.75. The van der Waals surface area contributed by atoms with Gasteiger partial charge in [-0.1, -0.05) is 35.9 Å². The molecule has 1 unspecified atom stereocenters. The molecule has 19 heavy (non-hydrogen) atoms. The van der Waals surface area contributed by atoms with E-state index >= 15 is 0 Å². The summed E-state index contributed by atoms with van der Waals surface area (Å²) in [5, 5.41) is -0.125. The minimum absolute atomic E-state index is 0.125. The highest BCUT2D eigenvalue weighted by atomic mass is 35.5. The average molecular weight is 277 g/mol. The molecule has 0 N–H and O–H groups in total. The lowest BCUT2D eigenvalue weighted by Crippen LogP contribution is -1.99. The van der Waals surface area contributed by atoms with Crippen molar-refractivity contribution in [1.82, 2.24) is 0 Å². The summed E-state index contributed by atoms with van der Waals surface area (Å²) in [4.78, 5) is 0. The quantitative estimate of drug-likeness (QED) is 0.670. The van der Waals surface area contributed by atoms with Crippen LogP contribution in [0.1, 0.15) is 33.2 Å². The molecule has 0 spiro atoms. The maximum atomic E-state index is 13.3. The Morgan fingerprint density at radius 2 is 1.74 bits per heavy atom. The van der Waals surface area contributed by atoms with Crippen molar-refractivity contribution in [2.45, 2.75) is 32.6 Å². The van der Waals surface area contributed by atoms with E-state index in [1.54, 1.807) is 13.0 Å². The van der Waals surface area contributed by atoms with Crippen LogP contribution in [0.15, 0.2) is 36.4 Å². The minimum atomic E-state index is -0.181. The van der Waals surface area contributed by atoms with Gasteiger partial charge in [0.25, 0.3) is 0 Å². The first-order chi connectivity index (χ1) is 8.97. The number of hydrogen-bond acceptors (Lipinski definition) is 0. The van der Waals surface area contributed by atoms with Crippen LogP contribution in [-0.4, -0.2) is 0 Å². The van der Waals surface area contributed by atoms with Gasteiger partial charge in [-0.15, -0.1) is 11.6 Å². The molecule has 0 bridgehead atoms. The van der Waals surface area contributed by atoms with Crippen LogP contribution in [0.3, 0.4) is 0 Å². The molecule has 0 amide bonds. The maximum absolute atomic E-state index is 13.3. The van der Waals surface area contributed by atoms with Crippen molar-refractivity contribution in [3.8, 4) is 0 Å². The molecule has 2 aromatic rings. The summed E-state index contributed by atoms with van der Waals surface area (Å²) < 4.78 is 13.3. The number of halogens is 2. The summed E-state index contributed by atoms with van der Waals surface area (Å²) in [6, 6.07) is 11.5. The highest BCUT2D eigenvalue weighted by molar-refractivity contribution is 6.20. The van der Waals surface area contributed by atoms with Gasteiger partial charge in [0.15, 0.2) is 0 Å². The fourth-order valence-corrected chi connectivity index (χ4v) is 2.50. The van der Waals surface area contributed by atoms with E-state index in [9.17, 15) is 4.39 Å². The molecule has 0 aliphatic heterocycles. The molecular weight excluding hydrogens is 259 g/mol. The SMILES string of the molecule is Cc1ccc(C)c(CC(Cl)c2ccc(F)c(C)c2)c1. The third-order valence-electron chi connectivity index (χ3n) is 3.45. The zero-order chi connectivity index (χ0) is 14.0. The second-order valence-electron chi connectivity index (χ2n) is 5.11. The van der Waals surface area contributed by atoms with Crippen molar-refractivity contribution in [3.05, 3.63) is 70.0 Å². The van der Waals surface area contributed by atoms with Crippen LogP contribution in [0.5, 0.6) is 0 Å². The Kier molecular flexibility index (Phi) is 4.26. The highest BCUT2D eigenvalue weighted by Crippen LogP contribution is 2.28. The molecule has 1 atom stereocenters. The van der Waals surface area contributed by atoms with Crippen molar-refractivity contribution < 1.29 is 4.39 Å². The van der Waals surface area contributed by atoms with Crippen LogP contribution in [-0.2, 0) is 6.42 Å². The van der Waals surface area contributed by atoms with Gasteiger partial charge in [0.1, 0.15) is 5.82 Å². The Hall–Kier alpha value is -1.34. The minimum Gasteiger partial charge on any atom is -0.207 e. The molecule has 0 saturated heterocycles. The maximum Gasteiger partial charge on any atom is 0.126 e. The lowest BCUT2D eigenvalue weighted by molar-refractivity contribution is 0.617. The summed E-state index contributed by atoms with van der Waals surface area (Å²) >= 11 is 6.47. The Morgan fingerprint density at radius 1 is 1.00 bits per heavy atom. The van der Waals surface area contributed by atoms with E-state index in [1.807, 2.05) is 6.07 Å². The first-order valence-corrected chi connectivity index (χ1v) is 6.87. The molecule has 2 rings (SSSR count). The van der Waals surface area contributed by atoms with Crippen LogP contribution in [0.4, 0.5) is 4.39 Å². The van der Waals surface area contributed by atoms with Crippen molar-refractivity contribution in [3.63, 3.8) is 0 Å². The van der Waals surface area contributed by atoms with Gasteiger partial charge in [0, 0.05) is 0 Å². The Balaban J connectivity index is 2.22. The van der Waals surface area contributed by atoms with Gasteiger partial charge in [0.05, 0.1) is 5.38 Å². The topological polar surface area (TPSA) is 0 Å². The number of aryl methyl sites for hydroxylation is 3. The lowest BCUT2D eigenvalue weighted by Gasteiger charge is -2.13. The van der Waals surface area contributed by atoms with Crippen LogP contribution >= 0.6 is 11.6 Å². The van der Waals surface area contributed by atoms with Crippen molar-refractivity contribution in [1.29, 1.82) is 0 Å². The van der Waals surface area contributed by atoms with Gasteiger partial charge in [-0.05, 0) is 55.5 Å². The molecule has 2 aromatic carbocycles. The van der Waals surface area contributed by atoms with Crippen LogP contribution in [0.25, 0.3) is 0 Å². The summed E-state index contributed by atoms with van der Waals surface area (Å²) in [6.45, 7) is 5.93. The molecule has 0 aliphatic carbocycles. The van der Waals surface area contributed by atoms with Crippen LogP contribution in [0, 0.1) is 26.6 Å². The molecule has 0 nitrogen and oxygen atoms in total. The van der Waals surface area contributed by atoms with Crippen molar-refractivity contribution in [2.75, 3.05) is 0 Å². The number of hydrogen-bond donors (Lipinski definition) is 0. The fraction of sp³-hybridized carbons (Fsp3) is 0.294. The van der Waals surface area contributed by atoms with E-state index in [4.69, 9.17) is 11.6 Å². The molecule has 0 aromatic heterocycles. The van der Waals surface area contributed by atoms with E-state index in [-0.39, 0.29) is 11.2 Å².